The van der Waals surface area contributed by atoms with Crippen LogP contribution in [-0.2, 0) is 9.59 Å². The number of aryl methyl sites for hydroxylation is 1. The Morgan fingerprint density at radius 1 is 1.53 bits per heavy atom. The number of rotatable bonds is 2. The minimum atomic E-state index is 0.00482. The van der Waals surface area contributed by atoms with E-state index < -0.39 is 0 Å². The molecule has 0 radical (unpaired) electrons. The van der Waals surface area contributed by atoms with E-state index in [4.69, 9.17) is 11.6 Å². The molecule has 1 aliphatic heterocycles. The van der Waals surface area contributed by atoms with Crippen LogP contribution in [0.1, 0.15) is 18.9 Å². The summed E-state index contributed by atoms with van der Waals surface area (Å²) in [6.45, 7) is 3.98. The molecule has 1 atom stereocenters. The zero-order chi connectivity index (χ0) is 14.2. The molecule has 1 fully saturated rings. The molecule has 1 aromatic carbocycles. The van der Waals surface area contributed by atoms with Gasteiger partial charge in [-0.2, -0.15) is 0 Å². The van der Waals surface area contributed by atoms with E-state index in [-0.39, 0.29) is 16.3 Å². The number of amides is 1. The van der Waals surface area contributed by atoms with Gasteiger partial charge in [-0.25, -0.2) is 0 Å². The van der Waals surface area contributed by atoms with E-state index in [0.29, 0.717) is 23.7 Å². The van der Waals surface area contributed by atoms with E-state index in [1.54, 1.807) is 4.90 Å². The third kappa shape index (κ3) is 3.33. The smallest absolute Gasteiger partial charge is 0.228 e. The lowest BCUT2D eigenvalue weighted by Crippen LogP contribution is -2.25. The minimum Gasteiger partial charge on any atom is -0.309 e. The average molecular weight is 363 g/mol. The van der Waals surface area contributed by atoms with Crippen LogP contribution in [0.2, 0.25) is 5.02 Å². The Hall–Kier alpha value is -0.520. The van der Waals surface area contributed by atoms with Gasteiger partial charge >= 0.3 is 0 Å². The molecule has 102 valence electrons. The van der Waals surface area contributed by atoms with Crippen molar-refractivity contribution in [1.29, 1.82) is 0 Å². The van der Waals surface area contributed by atoms with Crippen LogP contribution in [0.25, 0.3) is 0 Å². The van der Waals surface area contributed by atoms with Gasteiger partial charge in [0, 0.05) is 29.6 Å². The number of carbonyl (C=O) groups excluding carboxylic acids is 2. The van der Waals surface area contributed by atoms with Gasteiger partial charge in [-0.05, 0) is 40.5 Å². The molecule has 1 heterocycles. The molecule has 0 spiro atoms. The fourth-order valence-corrected chi connectivity index (χ4v) is 4.35. The largest absolute Gasteiger partial charge is 0.309 e. The highest BCUT2D eigenvalue weighted by atomic mass is 79.9. The SMILES string of the molecule is CC(=O)SC1CC(=O)N(c2c(Cl)cc(C)cc2Br)C1. The average Bonchev–Trinajstić information content (AvgIpc) is 2.57. The van der Waals surface area contributed by atoms with E-state index in [0.717, 1.165) is 10.0 Å². The lowest BCUT2D eigenvalue weighted by molar-refractivity contribution is -0.117. The molecule has 0 aromatic heterocycles. The van der Waals surface area contributed by atoms with Gasteiger partial charge in [0.25, 0.3) is 0 Å². The summed E-state index contributed by atoms with van der Waals surface area (Å²) >= 11 is 10.9. The van der Waals surface area contributed by atoms with Crippen molar-refractivity contribution >= 4 is 56.0 Å². The minimum absolute atomic E-state index is 0.00482. The molecule has 0 N–H and O–H groups in total. The van der Waals surface area contributed by atoms with Crippen molar-refractivity contribution < 1.29 is 9.59 Å². The van der Waals surface area contributed by atoms with Crippen LogP contribution in [0.5, 0.6) is 0 Å². The third-order valence-corrected chi connectivity index (χ3v) is 4.73. The molecular formula is C13H13BrClNO2S. The van der Waals surface area contributed by atoms with E-state index in [1.807, 2.05) is 19.1 Å². The zero-order valence-electron chi connectivity index (χ0n) is 10.6. The number of thioether (sulfide) groups is 1. The number of hydrogen-bond acceptors (Lipinski definition) is 3. The maximum absolute atomic E-state index is 12.1. The van der Waals surface area contributed by atoms with E-state index in [9.17, 15) is 9.59 Å². The second-order valence-electron chi connectivity index (χ2n) is 4.52. The second-order valence-corrected chi connectivity index (χ2v) is 7.26. The third-order valence-electron chi connectivity index (χ3n) is 2.85. The summed E-state index contributed by atoms with van der Waals surface area (Å²) in [5, 5.41) is 0.594. The molecule has 1 unspecified atom stereocenters. The van der Waals surface area contributed by atoms with Crippen molar-refractivity contribution in [2.24, 2.45) is 0 Å². The summed E-state index contributed by atoms with van der Waals surface area (Å²) in [6, 6.07) is 3.76. The summed E-state index contributed by atoms with van der Waals surface area (Å²) in [5.74, 6) is 0.00482. The van der Waals surface area contributed by atoms with Crippen LogP contribution in [0.15, 0.2) is 16.6 Å². The summed E-state index contributed by atoms with van der Waals surface area (Å²) in [6.07, 6.45) is 0.376. The van der Waals surface area contributed by atoms with Gasteiger partial charge in [-0.15, -0.1) is 0 Å². The fourth-order valence-electron chi connectivity index (χ4n) is 2.15. The highest BCUT2D eigenvalue weighted by Gasteiger charge is 2.33. The van der Waals surface area contributed by atoms with Crippen LogP contribution < -0.4 is 4.90 Å². The first-order chi connectivity index (χ1) is 8.88. The van der Waals surface area contributed by atoms with Crippen LogP contribution in [0.4, 0.5) is 5.69 Å². The molecule has 1 amide bonds. The first kappa shape index (κ1) is 14.9. The van der Waals surface area contributed by atoms with Crippen LogP contribution in [0, 0.1) is 6.92 Å². The molecule has 1 saturated heterocycles. The van der Waals surface area contributed by atoms with E-state index in [2.05, 4.69) is 15.9 Å². The maximum atomic E-state index is 12.1. The number of benzene rings is 1. The van der Waals surface area contributed by atoms with Gasteiger partial charge in [0.2, 0.25) is 5.91 Å². The van der Waals surface area contributed by atoms with Crippen LogP contribution in [0.3, 0.4) is 0 Å². The Bertz CT molecular complexity index is 526. The highest BCUT2D eigenvalue weighted by molar-refractivity contribution is 9.10. The normalized spacial score (nSPS) is 19.1. The zero-order valence-corrected chi connectivity index (χ0v) is 13.7. The molecule has 0 bridgehead atoms. The molecule has 1 aromatic rings. The van der Waals surface area contributed by atoms with Crippen molar-refractivity contribution in [2.75, 3.05) is 11.4 Å². The quantitative estimate of drug-likeness (QED) is 0.803. The van der Waals surface area contributed by atoms with Gasteiger partial charge in [0.1, 0.15) is 0 Å². The van der Waals surface area contributed by atoms with Gasteiger partial charge in [0.05, 0.1) is 10.7 Å². The molecule has 0 aliphatic carbocycles. The molecule has 0 saturated carbocycles. The molecule has 6 heteroatoms. The van der Waals surface area contributed by atoms with Gasteiger partial charge < -0.3 is 4.90 Å². The number of carbonyl (C=O) groups is 2. The summed E-state index contributed by atoms with van der Waals surface area (Å²) < 4.78 is 0.805. The molecule has 1 aliphatic rings. The van der Waals surface area contributed by atoms with Crippen molar-refractivity contribution in [2.45, 2.75) is 25.5 Å². The molecule has 19 heavy (non-hydrogen) atoms. The lowest BCUT2D eigenvalue weighted by atomic mass is 10.2. The van der Waals surface area contributed by atoms with Gasteiger partial charge in [-0.3, -0.25) is 9.59 Å². The first-order valence-electron chi connectivity index (χ1n) is 5.81. The summed E-state index contributed by atoms with van der Waals surface area (Å²) in [5.41, 5.74) is 1.73. The number of anilines is 1. The van der Waals surface area contributed by atoms with E-state index >= 15 is 0 Å². The molecule has 2 rings (SSSR count). The van der Waals surface area contributed by atoms with Crippen molar-refractivity contribution in [3.63, 3.8) is 0 Å². The predicted octanol–water partition coefficient (Wildman–Crippen LogP) is 3.80. The lowest BCUT2D eigenvalue weighted by Gasteiger charge is -2.20. The topological polar surface area (TPSA) is 37.4 Å². The Labute approximate surface area is 129 Å². The standard InChI is InChI=1S/C13H13BrClNO2S/c1-7-3-10(14)13(11(15)4-7)16-6-9(5-12(16)18)19-8(2)17/h3-4,9H,5-6H2,1-2H3. The first-order valence-corrected chi connectivity index (χ1v) is 7.86. The Kier molecular flexibility index (Phi) is 4.58. The Morgan fingerprint density at radius 3 is 2.79 bits per heavy atom. The summed E-state index contributed by atoms with van der Waals surface area (Å²) in [7, 11) is 0. The van der Waals surface area contributed by atoms with E-state index in [1.165, 1.54) is 18.7 Å². The highest BCUT2D eigenvalue weighted by Crippen LogP contribution is 2.39. The fraction of sp³-hybridized carbons (Fsp3) is 0.385. The number of nitrogens with zero attached hydrogens (tertiary/aromatic N) is 1. The second kappa shape index (κ2) is 5.85. The number of hydrogen-bond donors (Lipinski definition) is 0. The predicted molar refractivity (Wildman–Crippen MR) is 82.9 cm³/mol. The Balaban J connectivity index is 2.28. The van der Waals surface area contributed by atoms with Crippen LogP contribution in [-0.4, -0.2) is 22.8 Å². The van der Waals surface area contributed by atoms with Crippen LogP contribution >= 0.6 is 39.3 Å². The number of halogens is 2. The molecular weight excluding hydrogens is 350 g/mol. The molecule has 3 nitrogen and oxygen atoms in total. The van der Waals surface area contributed by atoms with Crippen molar-refractivity contribution in [3.05, 3.63) is 27.2 Å². The monoisotopic (exact) mass is 361 g/mol. The van der Waals surface area contributed by atoms with Crippen molar-refractivity contribution in [1.82, 2.24) is 0 Å². The maximum Gasteiger partial charge on any atom is 0.228 e. The van der Waals surface area contributed by atoms with Gasteiger partial charge in [-0.1, -0.05) is 23.4 Å². The van der Waals surface area contributed by atoms with Crippen molar-refractivity contribution in [3.8, 4) is 0 Å². The van der Waals surface area contributed by atoms with Gasteiger partial charge in [0.15, 0.2) is 5.12 Å². The Morgan fingerprint density at radius 2 is 2.21 bits per heavy atom. The summed E-state index contributed by atoms with van der Waals surface area (Å²) in [4.78, 5) is 24.9.